The van der Waals surface area contributed by atoms with E-state index in [-0.39, 0.29) is 46.5 Å². The Morgan fingerprint density at radius 1 is 0.814 bits per heavy atom. The summed E-state index contributed by atoms with van der Waals surface area (Å²) < 4.78 is 3.34. The molecule has 3 aromatic carbocycles. The van der Waals surface area contributed by atoms with E-state index in [1.54, 1.807) is 28.2 Å². The molecular weight excluding hydrogens is 835 g/mol. The molecule has 5 aliphatic carbocycles. The van der Waals surface area contributed by atoms with Gasteiger partial charge in [-0.1, -0.05) is 179 Å². The second-order valence-electron chi connectivity index (χ2n) is 19.5. The van der Waals surface area contributed by atoms with Crippen molar-refractivity contribution in [1.82, 2.24) is 0 Å². The fraction of sp³-hybridized carbons (Fsp3) is 0.464. The van der Waals surface area contributed by atoms with Crippen molar-refractivity contribution in [1.29, 1.82) is 0 Å². The van der Waals surface area contributed by atoms with Gasteiger partial charge in [0.2, 0.25) is 0 Å². The second kappa shape index (κ2) is 21.6. The quantitative estimate of drug-likeness (QED) is 0.225. The average Bonchev–Trinajstić information content (AvgIpc) is 3.82. The van der Waals surface area contributed by atoms with Crippen molar-refractivity contribution in [3.8, 4) is 0 Å². The maximum absolute atomic E-state index is 3.40. The Balaban J connectivity index is 0.000000328. The standard InChI is InChI=1S/C29H37.C12H19.2C7H7.CH2.2ClH.Zr/c1-18-25-22-17-19-13-9-10-14-20(19)24(22)21-15-11-12-16-23(21)29(25,8)28(6,7)27(4,5)26(18,2)3;1-5-6-10-7-8-11(9-10)12(2,3)4;2*1-7-5-3-2-4-6-7;;;;/h9-11,13-15,23H,12,16-17H2,1-8H3;8-10H,5-6H2,1-4H3;2*3-6H,1H3;1H2;2*1H;/q4*-1;;;;. The Morgan fingerprint density at radius 2 is 1.36 bits per heavy atom. The van der Waals surface area contributed by atoms with Crippen LogP contribution >= 0.6 is 24.8 Å². The number of benzene rings is 3. The van der Waals surface area contributed by atoms with Gasteiger partial charge in [-0.2, -0.15) is 94.6 Å². The van der Waals surface area contributed by atoms with Crippen molar-refractivity contribution in [2.45, 2.75) is 129 Å². The van der Waals surface area contributed by atoms with Crippen molar-refractivity contribution in [2.24, 2.45) is 38.9 Å². The first-order valence-electron chi connectivity index (χ1n) is 21.4. The van der Waals surface area contributed by atoms with Crippen LogP contribution < -0.4 is 0 Å². The molecule has 1 saturated carbocycles. The van der Waals surface area contributed by atoms with Crippen LogP contribution in [0, 0.1) is 76.9 Å². The molecule has 1 fully saturated rings. The summed E-state index contributed by atoms with van der Waals surface area (Å²) in [5.74, 6) is 2.83. The van der Waals surface area contributed by atoms with Crippen molar-refractivity contribution in [2.75, 3.05) is 0 Å². The number of hydrogen-bond donors (Lipinski definition) is 0. The summed E-state index contributed by atoms with van der Waals surface area (Å²) in [5.41, 5.74) is 14.6. The molecule has 59 heavy (non-hydrogen) atoms. The van der Waals surface area contributed by atoms with E-state index in [1.807, 2.05) is 48.5 Å². The van der Waals surface area contributed by atoms with E-state index in [1.165, 1.54) is 77.7 Å². The third-order valence-electron chi connectivity index (χ3n) is 14.9. The van der Waals surface area contributed by atoms with Crippen LogP contribution in [0.25, 0.3) is 5.57 Å². The van der Waals surface area contributed by atoms with Gasteiger partial charge in [0.25, 0.3) is 0 Å². The van der Waals surface area contributed by atoms with Gasteiger partial charge in [-0.3, -0.25) is 6.08 Å². The summed E-state index contributed by atoms with van der Waals surface area (Å²) in [6.45, 7) is 33.4. The zero-order chi connectivity index (χ0) is 42.4. The third-order valence-corrected chi connectivity index (χ3v) is 14.9. The van der Waals surface area contributed by atoms with E-state index >= 15 is 0 Å². The van der Waals surface area contributed by atoms with Gasteiger partial charge in [-0.15, -0.1) is 31.7 Å². The van der Waals surface area contributed by atoms with Crippen molar-refractivity contribution in [3.05, 3.63) is 166 Å². The van der Waals surface area contributed by atoms with Gasteiger partial charge < -0.3 is 0 Å². The molecule has 3 atom stereocenters. The van der Waals surface area contributed by atoms with Gasteiger partial charge in [0.1, 0.15) is 0 Å². The molecule has 3 unspecified atom stereocenters. The van der Waals surface area contributed by atoms with E-state index in [0.29, 0.717) is 17.3 Å². The van der Waals surface area contributed by atoms with E-state index in [2.05, 4.69) is 168 Å². The Labute approximate surface area is 389 Å². The second-order valence-corrected chi connectivity index (χ2v) is 19.5. The summed E-state index contributed by atoms with van der Waals surface area (Å²) in [7, 11) is 0. The number of rotatable bonds is 2. The van der Waals surface area contributed by atoms with Crippen LogP contribution in [0.5, 0.6) is 0 Å². The molecule has 0 N–H and O–H groups in total. The monoisotopic (exact) mass is 906 g/mol. The summed E-state index contributed by atoms with van der Waals surface area (Å²) in [6, 6.07) is 30.8. The fourth-order valence-corrected chi connectivity index (χ4v) is 9.96. The van der Waals surface area contributed by atoms with E-state index < -0.39 is 0 Å². The van der Waals surface area contributed by atoms with Gasteiger partial charge in [-0.05, 0) is 40.6 Å². The molecule has 320 valence electrons. The zero-order valence-electron chi connectivity index (χ0n) is 39.0. The first-order chi connectivity index (χ1) is 26.8. The molecule has 0 heterocycles. The first kappa shape index (κ1) is 52.7. The first-order valence-corrected chi connectivity index (χ1v) is 23.1. The van der Waals surface area contributed by atoms with Crippen LogP contribution in [-0.2, 0) is 30.7 Å². The molecular formula is C56H74Cl2Zr-4. The molecule has 3 heteroatoms. The van der Waals surface area contributed by atoms with Crippen LogP contribution in [0.3, 0.4) is 0 Å². The fourth-order valence-electron chi connectivity index (χ4n) is 9.96. The molecule has 0 aliphatic heterocycles. The molecule has 0 saturated heterocycles. The SMILES string of the molecule is CCCC1[C-]=CC(C(C)(C)C)=C1.C[C-]1C2=C3Cc4ccccc4C3=C3C=CCCC3C2(C)C(C)(C)C(C)(C)C1(C)C.Cc1cc[c-]cc1.Cc1cc[c-]cc1.Cl.Cl.[CH2]=[Zr]. The number of allylic oxidation sites excluding steroid dienone is 10. The van der Waals surface area contributed by atoms with E-state index in [9.17, 15) is 0 Å². The molecule has 0 bridgehead atoms. The van der Waals surface area contributed by atoms with Crippen LogP contribution in [0.4, 0.5) is 0 Å². The maximum atomic E-state index is 3.40. The normalized spacial score (nSPS) is 23.1. The van der Waals surface area contributed by atoms with Gasteiger partial charge >= 0.3 is 28.4 Å². The van der Waals surface area contributed by atoms with Crippen LogP contribution in [0.1, 0.15) is 131 Å². The average molecular weight is 909 g/mol. The summed E-state index contributed by atoms with van der Waals surface area (Å²) in [6.07, 6.45) is 18.9. The molecule has 0 aromatic heterocycles. The van der Waals surface area contributed by atoms with Crippen LogP contribution in [0.2, 0.25) is 0 Å². The van der Waals surface area contributed by atoms with Gasteiger partial charge in [0.05, 0.1) is 0 Å². The molecule has 0 amide bonds. The van der Waals surface area contributed by atoms with Crippen molar-refractivity contribution < 1.29 is 24.2 Å². The van der Waals surface area contributed by atoms with Crippen LogP contribution in [0.15, 0.2) is 119 Å². The predicted molar refractivity (Wildman–Crippen MR) is 260 cm³/mol. The Bertz CT molecular complexity index is 1930. The number of halogens is 2. The molecule has 0 nitrogen and oxygen atoms in total. The van der Waals surface area contributed by atoms with Crippen molar-refractivity contribution in [3.63, 3.8) is 0 Å². The molecule has 0 spiro atoms. The molecule has 5 aliphatic rings. The number of aryl methyl sites for hydroxylation is 2. The third kappa shape index (κ3) is 10.6. The minimum atomic E-state index is 0. The number of fused-ring (bicyclic) bond motifs is 6. The summed E-state index contributed by atoms with van der Waals surface area (Å²) in [4.78, 5) is 0. The Hall–Kier alpha value is -2.44. The topological polar surface area (TPSA) is 0 Å². The molecule has 3 aromatic rings. The Kier molecular flexibility index (Phi) is 19.3. The van der Waals surface area contributed by atoms with Crippen molar-refractivity contribution >= 4 is 34.6 Å². The van der Waals surface area contributed by atoms with E-state index in [4.69, 9.17) is 0 Å². The molecule has 0 radical (unpaired) electrons. The zero-order valence-corrected chi connectivity index (χ0v) is 43.0. The number of hydrogen-bond acceptors (Lipinski definition) is 0. The van der Waals surface area contributed by atoms with Gasteiger partial charge in [0, 0.05) is 0 Å². The minimum absolute atomic E-state index is 0. The predicted octanol–water partition coefficient (Wildman–Crippen LogP) is 16.1. The Morgan fingerprint density at radius 3 is 1.83 bits per heavy atom. The van der Waals surface area contributed by atoms with Gasteiger partial charge in [-0.25, -0.2) is 12.0 Å². The molecule has 8 rings (SSSR count). The van der Waals surface area contributed by atoms with Gasteiger partial charge in [0.15, 0.2) is 0 Å². The summed E-state index contributed by atoms with van der Waals surface area (Å²) in [5, 5.41) is 0. The summed E-state index contributed by atoms with van der Waals surface area (Å²) >= 11 is 1.30. The van der Waals surface area contributed by atoms with E-state index in [0.717, 1.165) is 6.42 Å². The van der Waals surface area contributed by atoms with Crippen LogP contribution in [-0.4, -0.2) is 4.21 Å².